The van der Waals surface area contributed by atoms with Crippen LogP contribution in [0.4, 0.5) is 0 Å². The highest BCUT2D eigenvalue weighted by atomic mass is 32.1. The SMILES string of the molecule is COc1ccc2c(c1)[nH]c(=S)n2CC1CCCOC1. The van der Waals surface area contributed by atoms with Crippen LogP contribution in [0, 0.1) is 10.7 Å². The molecule has 1 aliphatic heterocycles. The summed E-state index contributed by atoms with van der Waals surface area (Å²) in [6.45, 7) is 2.66. The summed E-state index contributed by atoms with van der Waals surface area (Å²) in [6.07, 6.45) is 2.36. The minimum Gasteiger partial charge on any atom is -0.497 e. The smallest absolute Gasteiger partial charge is 0.178 e. The van der Waals surface area contributed by atoms with Crippen molar-refractivity contribution in [3.63, 3.8) is 0 Å². The maximum Gasteiger partial charge on any atom is 0.178 e. The van der Waals surface area contributed by atoms with E-state index in [9.17, 15) is 0 Å². The van der Waals surface area contributed by atoms with Crippen molar-refractivity contribution in [2.75, 3.05) is 20.3 Å². The first-order valence-electron chi connectivity index (χ1n) is 6.62. The Morgan fingerprint density at radius 1 is 1.53 bits per heavy atom. The van der Waals surface area contributed by atoms with Crippen LogP contribution in [0.2, 0.25) is 0 Å². The van der Waals surface area contributed by atoms with Gasteiger partial charge in [-0.05, 0) is 37.2 Å². The lowest BCUT2D eigenvalue weighted by atomic mass is 10.0. The van der Waals surface area contributed by atoms with Gasteiger partial charge < -0.3 is 19.0 Å². The molecule has 1 N–H and O–H groups in total. The number of fused-ring (bicyclic) bond motifs is 1. The standard InChI is InChI=1S/C14H18N2O2S/c1-17-11-4-5-13-12(7-11)15-14(19)16(13)8-10-3-2-6-18-9-10/h4-5,7,10H,2-3,6,8-9H2,1H3,(H,15,19). The van der Waals surface area contributed by atoms with E-state index in [-0.39, 0.29) is 0 Å². The Hall–Kier alpha value is -1.33. The van der Waals surface area contributed by atoms with Gasteiger partial charge in [0.05, 0.1) is 24.8 Å². The summed E-state index contributed by atoms with van der Waals surface area (Å²) in [5, 5.41) is 0. The third-order valence-corrected chi connectivity index (χ3v) is 4.00. The Morgan fingerprint density at radius 3 is 3.16 bits per heavy atom. The van der Waals surface area contributed by atoms with Gasteiger partial charge in [0, 0.05) is 25.1 Å². The highest BCUT2D eigenvalue weighted by Crippen LogP contribution is 2.23. The summed E-state index contributed by atoms with van der Waals surface area (Å²) in [7, 11) is 1.67. The Balaban J connectivity index is 1.93. The van der Waals surface area contributed by atoms with Gasteiger partial charge in [-0.25, -0.2) is 0 Å². The number of aromatic nitrogens is 2. The molecule has 5 heteroatoms. The third-order valence-electron chi connectivity index (χ3n) is 3.68. The van der Waals surface area contributed by atoms with E-state index in [1.165, 1.54) is 6.42 Å². The van der Waals surface area contributed by atoms with E-state index in [0.717, 1.165) is 47.7 Å². The molecule has 1 saturated heterocycles. The first-order chi connectivity index (χ1) is 9.28. The Bertz CT molecular complexity index is 626. The second-order valence-corrected chi connectivity index (χ2v) is 5.39. The predicted molar refractivity (Wildman–Crippen MR) is 77.2 cm³/mol. The number of hydrogen-bond acceptors (Lipinski definition) is 3. The monoisotopic (exact) mass is 278 g/mol. The van der Waals surface area contributed by atoms with Crippen LogP contribution in [0.3, 0.4) is 0 Å². The number of rotatable bonds is 3. The summed E-state index contributed by atoms with van der Waals surface area (Å²) < 4.78 is 13.7. The van der Waals surface area contributed by atoms with Gasteiger partial charge in [-0.15, -0.1) is 0 Å². The molecule has 19 heavy (non-hydrogen) atoms. The lowest BCUT2D eigenvalue weighted by Gasteiger charge is -2.22. The molecule has 2 aromatic rings. The molecule has 0 aliphatic carbocycles. The van der Waals surface area contributed by atoms with E-state index in [1.807, 2.05) is 12.1 Å². The third kappa shape index (κ3) is 2.53. The molecule has 1 aromatic heterocycles. The molecule has 3 rings (SSSR count). The molecule has 1 aromatic carbocycles. The van der Waals surface area contributed by atoms with E-state index in [2.05, 4.69) is 15.6 Å². The summed E-state index contributed by atoms with van der Waals surface area (Å²) in [5.74, 6) is 1.40. The molecule has 0 spiro atoms. The summed E-state index contributed by atoms with van der Waals surface area (Å²) in [4.78, 5) is 3.25. The molecule has 0 saturated carbocycles. The zero-order valence-electron chi connectivity index (χ0n) is 11.0. The molecule has 1 aliphatic rings. The maximum atomic E-state index is 5.54. The highest BCUT2D eigenvalue weighted by molar-refractivity contribution is 7.71. The fourth-order valence-electron chi connectivity index (χ4n) is 2.66. The maximum absolute atomic E-state index is 5.54. The number of benzene rings is 1. The van der Waals surface area contributed by atoms with E-state index in [0.29, 0.717) is 5.92 Å². The molecular weight excluding hydrogens is 260 g/mol. The number of H-pyrrole nitrogens is 1. The topological polar surface area (TPSA) is 39.2 Å². The largest absolute Gasteiger partial charge is 0.497 e. The number of hydrogen-bond donors (Lipinski definition) is 1. The van der Waals surface area contributed by atoms with Crippen LogP contribution in [0.25, 0.3) is 11.0 Å². The van der Waals surface area contributed by atoms with Gasteiger partial charge >= 0.3 is 0 Å². The zero-order chi connectivity index (χ0) is 13.2. The molecule has 1 unspecified atom stereocenters. The number of methoxy groups -OCH3 is 1. The van der Waals surface area contributed by atoms with Crippen molar-refractivity contribution in [2.24, 2.45) is 5.92 Å². The first kappa shape index (κ1) is 12.7. The van der Waals surface area contributed by atoms with Gasteiger partial charge in [-0.1, -0.05) is 0 Å². The summed E-state index contributed by atoms with van der Waals surface area (Å²) in [5.41, 5.74) is 2.16. The number of ether oxygens (including phenoxy) is 2. The normalized spacial score (nSPS) is 19.7. The quantitative estimate of drug-likeness (QED) is 0.877. The summed E-state index contributed by atoms with van der Waals surface area (Å²) >= 11 is 5.43. The molecule has 0 radical (unpaired) electrons. The van der Waals surface area contributed by atoms with Crippen molar-refractivity contribution in [2.45, 2.75) is 19.4 Å². The van der Waals surface area contributed by atoms with Gasteiger partial charge in [0.2, 0.25) is 0 Å². The van der Waals surface area contributed by atoms with Crippen LogP contribution in [0.15, 0.2) is 18.2 Å². The van der Waals surface area contributed by atoms with Crippen molar-refractivity contribution in [1.29, 1.82) is 0 Å². The van der Waals surface area contributed by atoms with E-state index >= 15 is 0 Å². The lowest BCUT2D eigenvalue weighted by Crippen LogP contribution is -2.22. The van der Waals surface area contributed by atoms with Gasteiger partial charge in [-0.3, -0.25) is 0 Å². The minimum absolute atomic E-state index is 0.557. The van der Waals surface area contributed by atoms with Crippen LogP contribution >= 0.6 is 12.2 Å². The van der Waals surface area contributed by atoms with Crippen LogP contribution in [-0.4, -0.2) is 29.9 Å². The average molecular weight is 278 g/mol. The van der Waals surface area contributed by atoms with Crippen molar-refractivity contribution in [3.8, 4) is 5.75 Å². The van der Waals surface area contributed by atoms with Gasteiger partial charge in [0.15, 0.2) is 4.77 Å². The van der Waals surface area contributed by atoms with E-state index in [4.69, 9.17) is 21.7 Å². The lowest BCUT2D eigenvalue weighted by molar-refractivity contribution is 0.0486. The van der Waals surface area contributed by atoms with Crippen molar-refractivity contribution < 1.29 is 9.47 Å². The predicted octanol–water partition coefficient (Wildman–Crippen LogP) is 3.13. The number of imidazole rings is 1. The van der Waals surface area contributed by atoms with Crippen molar-refractivity contribution in [1.82, 2.24) is 9.55 Å². The van der Waals surface area contributed by atoms with Gasteiger partial charge in [-0.2, -0.15) is 0 Å². The number of nitrogens with zero attached hydrogens (tertiary/aromatic N) is 1. The van der Waals surface area contributed by atoms with Crippen LogP contribution < -0.4 is 4.74 Å². The van der Waals surface area contributed by atoms with Crippen LogP contribution in [-0.2, 0) is 11.3 Å². The minimum atomic E-state index is 0.557. The molecule has 1 atom stereocenters. The molecular formula is C14H18N2O2S. The Labute approximate surface area is 117 Å². The molecule has 4 nitrogen and oxygen atoms in total. The summed E-state index contributed by atoms with van der Waals surface area (Å²) in [6, 6.07) is 6.02. The average Bonchev–Trinajstić information content (AvgIpc) is 2.75. The molecule has 102 valence electrons. The van der Waals surface area contributed by atoms with Crippen LogP contribution in [0.1, 0.15) is 12.8 Å². The van der Waals surface area contributed by atoms with Gasteiger partial charge in [0.1, 0.15) is 5.75 Å². The van der Waals surface area contributed by atoms with E-state index in [1.54, 1.807) is 7.11 Å². The fourth-order valence-corrected chi connectivity index (χ4v) is 2.94. The zero-order valence-corrected chi connectivity index (χ0v) is 11.8. The molecule has 0 bridgehead atoms. The van der Waals surface area contributed by atoms with Crippen LogP contribution in [0.5, 0.6) is 5.75 Å². The Kier molecular flexibility index (Phi) is 3.57. The Morgan fingerprint density at radius 2 is 2.42 bits per heavy atom. The second-order valence-electron chi connectivity index (χ2n) is 5.01. The van der Waals surface area contributed by atoms with Gasteiger partial charge in [0.25, 0.3) is 0 Å². The number of aromatic amines is 1. The second kappa shape index (κ2) is 5.35. The number of nitrogens with one attached hydrogen (secondary N) is 1. The molecule has 2 heterocycles. The van der Waals surface area contributed by atoms with E-state index < -0.39 is 0 Å². The van der Waals surface area contributed by atoms with Crippen molar-refractivity contribution >= 4 is 23.3 Å². The fraction of sp³-hybridized carbons (Fsp3) is 0.500. The molecule has 1 fully saturated rings. The highest BCUT2D eigenvalue weighted by Gasteiger charge is 2.16. The first-order valence-corrected chi connectivity index (χ1v) is 7.03. The van der Waals surface area contributed by atoms with Crippen molar-refractivity contribution in [3.05, 3.63) is 23.0 Å². The molecule has 0 amide bonds.